The van der Waals surface area contributed by atoms with Crippen molar-refractivity contribution in [3.05, 3.63) is 0 Å². The second kappa shape index (κ2) is 4.63. The maximum atomic E-state index is 11.9. The van der Waals surface area contributed by atoms with E-state index in [0.717, 1.165) is 0 Å². The van der Waals surface area contributed by atoms with Crippen molar-refractivity contribution < 1.29 is 9.53 Å². The first-order chi connectivity index (χ1) is 7.07. The highest BCUT2D eigenvalue weighted by Gasteiger charge is 2.40. The zero-order valence-electron chi connectivity index (χ0n) is 9.62. The van der Waals surface area contributed by atoms with Crippen LogP contribution in [-0.2, 0) is 9.53 Å². The van der Waals surface area contributed by atoms with E-state index in [1.165, 1.54) is 0 Å². The van der Waals surface area contributed by atoms with Crippen LogP contribution < -0.4 is 0 Å². The Morgan fingerprint density at radius 2 is 2.20 bits per heavy atom. The Labute approximate surface area is 90.8 Å². The first-order valence-corrected chi connectivity index (χ1v) is 5.39. The fourth-order valence-corrected chi connectivity index (χ4v) is 1.57. The summed E-state index contributed by atoms with van der Waals surface area (Å²) in [6.07, 6.45) is 0.719. The highest BCUT2D eigenvalue weighted by molar-refractivity contribution is 5.85. The first-order valence-electron chi connectivity index (χ1n) is 5.39. The topological polar surface area (TPSA) is 53.3 Å². The molecule has 0 aromatic carbocycles. The fraction of sp³-hybridized carbons (Fsp3) is 0.818. The van der Waals surface area contributed by atoms with Crippen LogP contribution in [0.1, 0.15) is 27.2 Å². The van der Waals surface area contributed by atoms with Crippen molar-refractivity contribution in [2.24, 2.45) is 5.41 Å². The van der Waals surface area contributed by atoms with Crippen molar-refractivity contribution in [1.82, 2.24) is 4.90 Å². The lowest BCUT2D eigenvalue weighted by molar-refractivity contribution is -0.152. The molecule has 0 radical (unpaired) electrons. The molecule has 0 aromatic rings. The number of carbonyl (C=O) groups excluding carboxylic acids is 1. The van der Waals surface area contributed by atoms with Gasteiger partial charge in [0.15, 0.2) is 0 Å². The summed E-state index contributed by atoms with van der Waals surface area (Å²) in [6, 6.07) is 2.09. The monoisotopic (exact) mass is 210 g/mol. The standard InChI is InChI=1S/C11H18N2O2/c1-4-11(3,8-12)10(14)13-6-9(7-13)15-5-2/h9H,4-7H2,1-3H3/t11-/m1/s1. The largest absolute Gasteiger partial charge is 0.375 e. The van der Waals surface area contributed by atoms with Gasteiger partial charge < -0.3 is 9.64 Å². The third-order valence-electron chi connectivity index (χ3n) is 2.96. The van der Waals surface area contributed by atoms with Gasteiger partial charge in [0.2, 0.25) is 5.91 Å². The average molecular weight is 210 g/mol. The molecule has 0 bridgehead atoms. The molecule has 0 N–H and O–H groups in total. The molecule has 0 spiro atoms. The summed E-state index contributed by atoms with van der Waals surface area (Å²) in [5.74, 6) is -0.0662. The number of nitriles is 1. The normalized spacial score (nSPS) is 20.3. The van der Waals surface area contributed by atoms with Crippen LogP contribution in [0.5, 0.6) is 0 Å². The van der Waals surface area contributed by atoms with Gasteiger partial charge in [-0.05, 0) is 20.3 Å². The fourth-order valence-electron chi connectivity index (χ4n) is 1.57. The van der Waals surface area contributed by atoms with E-state index in [4.69, 9.17) is 10.00 Å². The van der Waals surface area contributed by atoms with Gasteiger partial charge in [0.05, 0.1) is 12.2 Å². The van der Waals surface area contributed by atoms with Crippen molar-refractivity contribution in [2.45, 2.75) is 33.3 Å². The quantitative estimate of drug-likeness (QED) is 0.700. The van der Waals surface area contributed by atoms with Gasteiger partial charge in [-0.15, -0.1) is 0 Å². The van der Waals surface area contributed by atoms with Gasteiger partial charge in [0.25, 0.3) is 0 Å². The molecular formula is C11H18N2O2. The zero-order valence-corrected chi connectivity index (χ0v) is 9.62. The Morgan fingerprint density at radius 3 is 2.60 bits per heavy atom. The van der Waals surface area contributed by atoms with E-state index < -0.39 is 5.41 Å². The maximum Gasteiger partial charge on any atom is 0.242 e. The Morgan fingerprint density at radius 1 is 1.60 bits per heavy atom. The molecule has 1 aliphatic heterocycles. The van der Waals surface area contributed by atoms with Gasteiger partial charge in [-0.3, -0.25) is 4.79 Å². The molecule has 1 atom stereocenters. The zero-order chi connectivity index (χ0) is 11.5. The van der Waals surface area contributed by atoms with Crippen molar-refractivity contribution in [2.75, 3.05) is 19.7 Å². The average Bonchev–Trinajstić information content (AvgIpc) is 2.20. The molecule has 15 heavy (non-hydrogen) atoms. The molecular weight excluding hydrogens is 192 g/mol. The Hall–Kier alpha value is -1.08. The van der Waals surface area contributed by atoms with Gasteiger partial charge >= 0.3 is 0 Å². The minimum absolute atomic E-state index is 0.0662. The third-order valence-corrected chi connectivity index (χ3v) is 2.96. The van der Waals surface area contributed by atoms with Crippen LogP contribution in [0.15, 0.2) is 0 Å². The van der Waals surface area contributed by atoms with Crippen LogP contribution in [0.3, 0.4) is 0 Å². The molecule has 1 saturated heterocycles. The van der Waals surface area contributed by atoms with Crippen LogP contribution in [0, 0.1) is 16.7 Å². The minimum atomic E-state index is -0.864. The number of carbonyl (C=O) groups is 1. The molecule has 1 fully saturated rings. The lowest BCUT2D eigenvalue weighted by Crippen LogP contribution is -2.58. The number of rotatable bonds is 4. The highest BCUT2D eigenvalue weighted by Crippen LogP contribution is 2.26. The Balaban J connectivity index is 2.48. The molecule has 0 aliphatic carbocycles. The number of amides is 1. The Bertz CT molecular complexity index is 279. The molecule has 84 valence electrons. The van der Waals surface area contributed by atoms with Crippen molar-refractivity contribution in [3.63, 3.8) is 0 Å². The lowest BCUT2D eigenvalue weighted by atomic mass is 9.86. The molecule has 1 rings (SSSR count). The molecule has 4 nitrogen and oxygen atoms in total. The van der Waals surface area contributed by atoms with Gasteiger partial charge in [-0.1, -0.05) is 6.92 Å². The highest BCUT2D eigenvalue weighted by atomic mass is 16.5. The van der Waals surface area contributed by atoms with Crippen molar-refractivity contribution in [3.8, 4) is 6.07 Å². The molecule has 1 aliphatic rings. The predicted molar refractivity (Wildman–Crippen MR) is 56.0 cm³/mol. The predicted octanol–water partition coefficient (Wildman–Crippen LogP) is 1.17. The summed E-state index contributed by atoms with van der Waals surface area (Å²) in [4.78, 5) is 13.6. The van der Waals surface area contributed by atoms with Gasteiger partial charge in [-0.25, -0.2) is 0 Å². The minimum Gasteiger partial charge on any atom is -0.375 e. The van der Waals surface area contributed by atoms with Gasteiger partial charge in [0, 0.05) is 19.7 Å². The molecule has 0 aromatic heterocycles. The second-order valence-corrected chi connectivity index (χ2v) is 4.08. The number of hydrogen-bond acceptors (Lipinski definition) is 3. The molecule has 0 unspecified atom stereocenters. The summed E-state index contributed by atoms with van der Waals surface area (Å²) in [6.45, 7) is 7.43. The number of nitrogens with zero attached hydrogens (tertiary/aromatic N) is 2. The van der Waals surface area contributed by atoms with E-state index in [1.807, 2.05) is 13.8 Å². The second-order valence-electron chi connectivity index (χ2n) is 4.08. The van der Waals surface area contributed by atoms with E-state index >= 15 is 0 Å². The number of likely N-dealkylation sites (tertiary alicyclic amines) is 1. The van der Waals surface area contributed by atoms with Crippen LogP contribution >= 0.6 is 0 Å². The van der Waals surface area contributed by atoms with Crippen LogP contribution in [0.2, 0.25) is 0 Å². The first kappa shape index (κ1) is 12.0. The molecule has 0 saturated carbocycles. The molecule has 1 heterocycles. The lowest BCUT2D eigenvalue weighted by Gasteiger charge is -2.41. The van der Waals surface area contributed by atoms with E-state index in [9.17, 15) is 4.79 Å². The van der Waals surface area contributed by atoms with E-state index in [0.29, 0.717) is 26.1 Å². The summed E-state index contributed by atoms with van der Waals surface area (Å²) in [7, 11) is 0. The SMILES string of the molecule is CCOC1CN(C(=O)[C@@](C)(C#N)CC)C1. The molecule has 1 amide bonds. The summed E-state index contributed by atoms with van der Waals surface area (Å²) in [5, 5.41) is 8.96. The Kier molecular flexibility index (Phi) is 3.70. The van der Waals surface area contributed by atoms with Crippen LogP contribution in [0.4, 0.5) is 0 Å². The smallest absolute Gasteiger partial charge is 0.242 e. The van der Waals surface area contributed by atoms with Crippen molar-refractivity contribution in [1.29, 1.82) is 5.26 Å². The van der Waals surface area contributed by atoms with E-state index in [1.54, 1.807) is 11.8 Å². The van der Waals surface area contributed by atoms with E-state index in [2.05, 4.69) is 6.07 Å². The van der Waals surface area contributed by atoms with Gasteiger partial charge in [-0.2, -0.15) is 5.26 Å². The summed E-state index contributed by atoms with van der Waals surface area (Å²) >= 11 is 0. The third kappa shape index (κ3) is 2.29. The van der Waals surface area contributed by atoms with Crippen LogP contribution in [0.25, 0.3) is 0 Å². The van der Waals surface area contributed by atoms with E-state index in [-0.39, 0.29) is 12.0 Å². The van der Waals surface area contributed by atoms with Crippen molar-refractivity contribution >= 4 is 5.91 Å². The van der Waals surface area contributed by atoms with Gasteiger partial charge in [0.1, 0.15) is 5.41 Å². The molecule has 4 heteroatoms. The number of ether oxygens (including phenoxy) is 1. The summed E-state index contributed by atoms with van der Waals surface area (Å²) < 4.78 is 5.36. The number of hydrogen-bond donors (Lipinski definition) is 0. The maximum absolute atomic E-state index is 11.9. The summed E-state index contributed by atoms with van der Waals surface area (Å²) in [5.41, 5.74) is -0.864. The van der Waals surface area contributed by atoms with Crippen LogP contribution in [-0.4, -0.2) is 36.6 Å².